The van der Waals surface area contributed by atoms with Crippen molar-refractivity contribution in [1.82, 2.24) is 14.8 Å². The third-order valence-electron chi connectivity index (χ3n) is 3.22. The molecule has 1 aliphatic rings. The smallest absolute Gasteiger partial charge is 0.241 e. The summed E-state index contributed by atoms with van der Waals surface area (Å²) >= 11 is 0. The summed E-state index contributed by atoms with van der Waals surface area (Å²) in [6.45, 7) is 3.48. The van der Waals surface area contributed by atoms with Crippen LogP contribution in [0, 0.1) is 0 Å². The van der Waals surface area contributed by atoms with E-state index in [1.165, 1.54) is 0 Å². The number of rotatable bonds is 3. The molecule has 0 radical (unpaired) electrons. The van der Waals surface area contributed by atoms with Crippen LogP contribution in [-0.4, -0.2) is 27.9 Å². The molecule has 0 aliphatic carbocycles. The lowest BCUT2D eigenvalue weighted by atomic mass is 10.0. The lowest BCUT2D eigenvalue weighted by Gasteiger charge is -2.26. The van der Waals surface area contributed by atoms with E-state index in [1.54, 1.807) is 0 Å². The van der Waals surface area contributed by atoms with Crippen molar-refractivity contribution in [2.75, 3.05) is 24.2 Å². The van der Waals surface area contributed by atoms with Gasteiger partial charge in [0.05, 0.1) is 12.6 Å². The summed E-state index contributed by atoms with van der Waals surface area (Å²) in [5.74, 6) is 1.92. The fourth-order valence-corrected chi connectivity index (χ4v) is 2.45. The predicted molar refractivity (Wildman–Crippen MR) is 73.3 cm³/mol. The van der Waals surface area contributed by atoms with E-state index in [9.17, 15) is 0 Å². The van der Waals surface area contributed by atoms with Gasteiger partial charge in [0.1, 0.15) is 5.75 Å². The largest absolute Gasteiger partial charge is 0.494 e. The summed E-state index contributed by atoms with van der Waals surface area (Å²) in [5.41, 5.74) is 6.80. The average molecular weight is 259 g/mol. The fourth-order valence-electron chi connectivity index (χ4n) is 2.45. The highest BCUT2D eigenvalue weighted by atomic mass is 16.5. The standard InChI is InChI=1S/C13H17N5O/c1-2-19-11-6-4-3-5-9(11)10-7-8-15-13-16-12(14)17-18(10)13/h3-6,10H,2,7-8H2,1H3,(H3,14,15,16,17). The Hall–Kier alpha value is -2.24. The maximum absolute atomic E-state index is 5.70. The highest BCUT2D eigenvalue weighted by molar-refractivity contribution is 5.41. The number of hydrogen-bond acceptors (Lipinski definition) is 5. The molecule has 6 heteroatoms. The first-order valence-corrected chi connectivity index (χ1v) is 6.47. The van der Waals surface area contributed by atoms with Gasteiger partial charge in [-0.1, -0.05) is 18.2 Å². The highest BCUT2D eigenvalue weighted by Crippen LogP contribution is 2.34. The minimum atomic E-state index is 0.115. The van der Waals surface area contributed by atoms with Crippen LogP contribution in [0.2, 0.25) is 0 Å². The summed E-state index contributed by atoms with van der Waals surface area (Å²) in [7, 11) is 0. The molecule has 1 aromatic carbocycles. The third kappa shape index (κ3) is 2.09. The Morgan fingerprint density at radius 2 is 2.32 bits per heavy atom. The number of anilines is 2. The van der Waals surface area contributed by atoms with Crippen LogP contribution < -0.4 is 15.8 Å². The SMILES string of the molecule is CCOc1ccccc1C1CCNc2nc(N)nn21. The lowest BCUT2D eigenvalue weighted by molar-refractivity contribution is 0.328. The van der Waals surface area contributed by atoms with E-state index < -0.39 is 0 Å². The summed E-state index contributed by atoms with van der Waals surface area (Å²) in [6.07, 6.45) is 0.930. The monoisotopic (exact) mass is 259 g/mol. The predicted octanol–water partition coefficient (Wildman–Crippen LogP) is 1.66. The van der Waals surface area contributed by atoms with Gasteiger partial charge in [-0.25, -0.2) is 4.68 Å². The normalized spacial score (nSPS) is 17.6. The lowest BCUT2D eigenvalue weighted by Crippen LogP contribution is -2.25. The van der Waals surface area contributed by atoms with Crippen LogP contribution in [-0.2, 0) is 0 Å². The first-order chi connectivity index (χ1) is 9.29. The molecule has 19 heavy (non-hydrogen) atoms. The van der Waals surface area contributed by atoms with Gasteiger partial charge in [0.25, 0.3) is 0 Å². The van der Waals surface area contributed by atoms with Crippen molar-refractivity contribution in [2.24, 2.45) is 0 Å². The van der Waals surface area contributed by atoms with Crippen molar-refractivity contribution >= 4 is 11.9 Å². The van der Waals surface area contributed by atoms with Crippen molar-refractivity contribution in [2.45, 2.75) is 19.4 Å². The van der Waals surface area contributed by atoms with Crippen LogP contribution in [0.3, 0.4) is 0 Å². The van der Waals surface area contributed by atoms with E-state index in [1.807, 2.05) is 29.8 Å². The Morgan fingerprint density at radius 3 is 3.16 bits per heavy atom. The molecule has 1 atom stereocenters. The van der Waals surface area contributed by atoms with Crippen molar-refractivity contribution in [3.05, 3.63) is 29.8 Å². The Bertz CT molecular complexity index is 580. The molecule has 0 saturated heterocycles. The molecule has 100 valence electrons. The van der Waals surface area contributed by atoms with E-state index in [0.717, 1.165) is 30.2 Å². The summed E-state index contributed by atoms with van der Waals surface area (Å²) in [5, 5.41) is 7.48. The fraction of sp³-hybridized carbons (Fsp3) is 0.385. The molecule has 3 N–H and O–H groups in total. The van der Waals surface area contributed by atoms with Gasteiger partial charge < -0.3 is 15.8 Å². The number of nitrogens with zero attached hydrogens (tertiary/aromatic N) is 3. The van der Waals surface area contributed by atoms with Gasteiger partial charge in [-0.05, 0) is 19.4 Å². The third-order valence-corrected chi connectivity index (χ3v) is 3.22. The number of ether oxygens (including phenoxy) is 1. The number of nitrogen functional groups attached to an aromatic ring is 1. The van der Waals surface area contributed by atoms with E-state index in [-0.39, 0.29) is 6.04 Å². The van der Waals surface area contributed by atoms with Gasteiger partial charge in [0, 0.05) is 12.1 Å². The van der Waals surface area contributed by atoms with Crippen LogP contribution >= 0.6 is 0 Å². The maximum Gasteiger partial charge on any atom is 0.241 e. The first-order valence-electron chi connectivity index (χ1n) is 6.47. The van der Waals surface area contributed by atoms with E-state index >= 15 is 0 Å². The molecule has 1 aliphatic heterocycles. The molecular formula is C13H17N5O. The maximum atomic E-state index is 5.70. The molecule has 0 saturated carbocycles. The van der Waals surface area contributed by atoms with Gasteiger partial charge in [0.2, 0.25) is 11.9 Å². The van der Waals surface area contributed by atoms with E-state index in [2.05, 4.69) is 21.5 Å². The zero-order chi connectivity index (χ0) is 13.2. The van der Waals surface area contributed by atoms with Gasteiger partial charge >= 0.3 is 0 Å². The molecule has 6 nitrogen and oxygen atoms in total. The number of para-hydroxylation sites is 1. The highest BCUT2D eigenvalue weighted by Gasteiger charge is 2.26. The Morgan fingerprint density at radius 1 is 1.47 bits per heavy atom. The second-order valence-corrected chi connectivity index (χ2v) is 4.44. The Balaban J connectivity index is 2.03. The Kier molecular flexibility index (Phi) is 2.98. The van der Waals surface area contributed by atoms with E-state index in [4.69, 9.17) is 10.5 Å². The van der Waals surface area contributed by atoms with Gasteiger partial charge in [-0.15, -0.1) is 5.10 Å². The van der Waals surface area contributed by atoms with Crippen molar-refractivity contribution in [3.8, 4) is 5.75 Å². The summed E-state index contributed by atoms with van der Waals surface area (Å²) < 4.78 is 7.54. The molecule has 0 spiro atoms. The van der Waals surface area contributed by atoms with Crippen molar-refractivity contribution in [3.63, 3.8) is 0 Å². The van der Waals surface area contributed by atoms with E-state index in [0.29, 0.717) is 12.6 Å². The second kappa shape index (κ2) is 4.79. The molecule has 0 amide bonds. The molecule has 0 bridgehead atoms. The Labute approximate surface area is 111 Å². The number of aromatic nitrogens is 3. The van der Waals surface area contributed by atoms with Crippen LogP contribution in [0.5, 0.6) is 5.75 Å². The summed E-state index contributed by atoms with van der Waals surface area (Å²) in [4.78, 5) is 4.18. The van der Waals surface area contributed by atoms with Crippen LogP contribution in [0.25, 0.3) is 0 Å². The zero-order valence-corrected chi connectivity index (χ0v) is 10.8. The molecule has 2 heterocycles. The van der Waals surface area contributed by atoms with Gasteiger partial charge in [0.15, 0.2) is 0 Å². The summed E-state index contributed by atoms with van der Waals surface area (Å²) in [6, 6.07) is 8.17. The van der Waals surface area contributed by atoms with Gasteiger partial charge in [-0.2, -0.15) is 4.98 Å². The molecule has 1 unspecified atom stereocenters. The number of fused-ring (bicyclic) bond motifs is 1. The first kappa shape index (κ1) is 11.8. The number of nitrogens with two attached hydrogens (primary N) is 1. The topological polar surface area (TPSA) is 78.0 Å². The molecule has 3 rings (SSSR count). The number of nitrogens with one attached hydrogen (secondary N) is 1. The molecule has 1 aromatic heterocycles. The number of hydrogen-bond donors (Lipinski definition) is 2. The van der Waals surface area contributed by atoms with Crippen molar-refractivity contribution < 1.29 is 4.74 Å². The molecular weight excluding hydrogens is 242 g/mol. The van der Waals surface area contributed by atoms with Crippen LogP contribution in [0.1, 0.15) is 24.9 Å². The second-order valence-electron chi connectivity index (χ2n) is 4.44. The van der Waals surface area contributed by atoms with Crippen LogP contribution in [0.4, 0.5) is 11.9 Å². The van der Waals surface area contributed by atoms with Crippen LogP contribution in [0.15, 0.2) is 24.3 Å². The zero-order valence-electron chi connectivity index (χ0n) is 10.8. The number of benzene rings is 1. The minimum absolute atomic E-state index is 0.115. The minimum Gasteiger partial charge on any atom is -0.494 e. The quantitative estimate of drug-likeness (QED) is 0.876. The van der Waals surface area contributed by atoms with Crippen molar-refractivity contribution in [1.29, 1.82) is 0 Å². The average Bonchev–Trinajstić information content (AvgIpc) is 2.80. The molecule has 2 aromatic rings. The molecule has 0 fully saturated rings. The van der Waals surface area contributed by atoms with Gasteiger partial charge in [-0.3, -0.25) is 0 Å².